The Morgan fingerprint density at radius 2 is 2.04 bits per heavy atom. The molecule has 0 radical (unpaired) electrons. The number of thioether (sulfide) groups is 1. The molecule has 0 spiro atoms. The maximum atomic E-state index is 12.8. The van der Waals surface area contributed by atoms with Crippen LogP contribution in [-0.4, -0.2) is 53.3 Å². The number of hydrogen-bond acceptors (Lipinski definition) is 4. The van der Waals surface area contributed by atoms with Gasteiger partial charge in [-0.25, -0.2) is 0 Å². The van der Waals surface area contributed by atoms with Crippen molar-refractivity contribution in [1.29, 1.82) is 0 Å². The molecule has 2 N–H and O–H groups in total. The van der Waals surface area contributed by atoms with Crippen molar-refractivity contribution in [2.24, 2.45) is 0 Å². The summed E-state index contributed by atoms with van der Waals surface area (Å²) in [5.74, 6) is -0.712. The summed E-state index contributed by atoms with van der Waals surface area (Å²) >= 11 is 1.05. The van der Waals surface area contributed by atoms with Crippen LogP contribution >= 0.6 is 11.8 Å². The zero-order valence-corrected chi connectivity index (χ0v) is 14.8. The van der Waals surface area contributed by atoms with Crippen LogP contribution in [0.25, 0.3) is 0 Å². The molecule has 1 aromatic carbocycles. The van der Waals surface area contributed by atoms with Crippen molar-refractivity contribution < 1.29 is 27.9 Å². The average Bonchev–Trinajstić information content (AvgIpc) is 2.55. The predicted molar refractivity (Wildman–Crippen MR) is 89.1 cm³/mol. The molecule has 0 saturated heterocycles. The molecule has 1 atom stereocenters. The van der Waals surface area contributed by atoms with Crippen LogP contribution in [0.2, 0.25) is 0 Å². The van der Waals surface area contributed by atoms with Crippen LogP contribution in [0, 0.1) is 0 Å². The first-order valence-electron chi connectivity index (χ1n) is 7.65. The standard InChI is InChI=1S/C16H21F3N2O3S/c1-3-21(7-8-22)15(24)14(20-11(2)23)10-25-13-6-4-5-12(9-13)16(17,18)19/h4-6,9,14,22H,3,7-8,10H2,1-2H3,(H,20,23). The maximum absolute atomic E-state index is 12.8. The molecule has 0 aliphatic rings. The first kappa shape index (κ1) is 21.3. The van der Waals surface area contributed by atoms with E-state index in [1.807, 2.05) is 0 Å². The summed E-state index contributed by atoms with van der Waals surface area (Å²) in [5.41, 5.74) is -0.768. The summed E-state index contributed by atoms with van der Waals surface area (Å²) in [5, 5.41) is 11.5. The SMILES string of the molecule is CCN(CCO)C(=O)C(CSc1cccc(C(F)(F)F)c1)NC(C)=O. The monoisotopic (exact) mass is 378 g/mol. The number of carbonyl (C=O) groups is 2. The number of nitrogens with one attached hydrogen (secondary N) is 1. The van der Waals surface area contributed by atoms with E-state index in [0.717, 1.165) is 23.9 Å². The molecule has 0 aliphatic carbocycles. The number of aliphatic hydroxyl groups excluding tert-OH is 1. The van der Waals surface area contributed by atoms with Gasteiger partial charge in [-0.15, -0.1) is 11.8 Å². The van der Waals surface area contributed by atoms with Gasteiger partial charge in [-0.05, 0) is 25.1 Å². The molecule has 1 unspecified atom stereocenters. The smallest absolute Gasteiger partial charge is 0.395 e. The zero-order chi connectivity index (χ0) is 19.0. The van der Waals surface area contributed by atoms with Gasteiger partial charge in [0, 0.05) is 30.7 Å². The van der Waals surface area contributed by atoms with Crippen molar-refractivity contribution >= 4 is 23.6 Å². The highest BCUT2D eigenvalue weighted by Gasteiger charge is 2.30. The summed E-state index contributed by atoms with van der Waals surface area (Å²) in [4.78, 5) is 25.5. The summed E-state index contributed by atoms with van der Waals surface area (Å²) < 4.78 is 38.3. The van der Waals surface area contributed by atoms with Crippen molar-refractivity contribution in [3.05, 3.63) is 29.8 Å². The summed E-state index contributed by atoms with van der Waals surface area (Å²) in [6, 6.07) is 3.90. The molecule has 9 heteroatoms. The highest BCUT2D eigenvalue weighted by molar-refractivity contribution is 7.99. The number of nitrogens with zero attached hydrogens (tertiary/aromatic N) is 1. The van der Waals surface area contributed by atoms with Crippen molar-refractivity contribution in [3.8, 4) is 0 Å². The van der Waals surface area contributed by atoms with Crippen LogP contribution in [0.3, 0.4) is 0 Å². The lowest BCUT2D eigenvalue weighted by molar-refractivity contribution is -0.137. The van der Waals surface area contributed by atoms with E-state index >= 15 is 0 Å². The van der Waals surface area contributed by atoms with E-state index in [2.05, 4.69) is 5.32 Å². The second-order valence-corrected chi connectivity index (χ2v) is 6.32. The zero-order valence-electron chi connectivity index (χ0n) is 14.0. The molecular formula is C16H21F3N2O3S. The summed E-state index contributed by atoms with van der Waals surface area (Å²) in [6.07, 6.45) is -4.44. The normalized spacial score (nSPS) is 12.6. The fraction of sp³-hybridized carbons (Fsp3) is 0.500. The molecule has 0 saturated carbocycles. The minimum absolute atomic E-state index is 0.0850. The Hall–Kier alpha value is -1.74. The topological polar surface area (TPSA) is 69.6 Å². The Morgan fingerprint density at radius 1 is 1.36 bits per heavy atom. The van der Waals surface area contributed by atoms with Gasteiger partial charge in [0.05, 0.1) is 12.2 Å². The highest BCUT2D eigenvalue weighted by Crippen LogP contribution is 2.32. The fourth-order valence-corrected chi connectivity index (χ4v) is 3.10. The van der Waals surface area contributed by atoms with E-state index < -0.39 is 23.7 Å². The average molecular weight is 378 g/mol. The quantitative estimate of drug-likeness (QED) is 0.680. The number of alkyl halides is 3. The van der Waals surface area contributed by atoms with Gasteiger partial charge in [-0.3, -0.25) is 9.59 Å². The first-order chi connectivity index (χ1) is 11.7. The number of rotatable bonds is 8. The first-order valence-corrected chi connectivity index (χ1v) is 8.64. The molecule has 1 aromatic rings. The fourth-order valence-electron chi connectivity index (χ4n) is 2.13. The van der Waals surface area contributed by atoms with Crippen LogP contribution in [-0.2, 0) is 15.8 Å². The third-order valence-corrected chi connectivity index (χ3v) is 4.40. The van der Waals surface area contributed by atoms with Crippen molar-refractivity contribution in [2.75, 3.05) is 25.4 Å². The van der Waals surface area contributed by atoms with E-state index in [4.69, 9.17) is 5.11 Å². The number of likely N-dealkylation sites (N-methyl/N-ethyl adjacent to an activating group) is 1. The molecule has 25 heavy (non-hydrogen) atoms. The van der Waals surface area contributed by atoms with Crippen molar-refractivity contribution in [3.63, 3.8) is 0 Å². The molecule has 0 aliphatic heterocycles. The predicted octanol–water partition coefficient (Wildman–Crippen LogP) is 2.14. The van der Waals surface area contributed by atoms with Gasteiger partial charge in [0.25, 0.3) is 0 Å². The third-order valence-electron chi connectivity index (χ3n) is 3.32. The van der Waals surface area contributed by atoms with E-state index in [1.54, 1.807) is 6.92 Å². The van der Waals surface area contributed by atoms with Gasteiger partial charge in [-0.2, -0.15) is 13.2 Å². The Bertz CT molecular complexity index is 596. The van der Waals surface area contributed by atoms with Crippen LogP contribution in [0.4, 0.5) is 13.2 Å². The number of carbonyl (C=O) groups excluding carboxylic acids is 2. The molecule has 140 valence electrons. The molecule has 0 heterocycles. The molecular weight excluding hydrogens is 357 g/mol. The van der Waals surface area contributed by atoms with E-state index in [1.165, 1.54) is 24.0 Å². The Labute approximate surface area is 148 Å². The van der Waals surface area contributed by atoms with Gasteiger partial charge in [-0.1, -0.05) is 6.07 Å². The number of benzene rings is 1. The minimum Gasteiger partial charge on any atom is -0.395 e. The van der Waals surface area contributed by atoms with Crippen LogP contribution in [0.15, 0.2) is 29.2 Å². The van der Waals surface area contributed by atoms with Gasteiger partial charge < -0.3 is 15.3 Å². The van der Waals surface area contributed by atoms with E-state index in [-0.39, 0.29) is 24.8 Å². The lowest BCUT2D eigenvalue weighted by Gasteiger charge is -2.26. The lowest BCUT2D eigenvalue weighted by atomic mass is 10.2. The van der Waals surface area contributed by atoms with Crippen LogP contribution in [0.5, 0.6) is 0 Å². The number of hydrogen-bond donors (Lipinski definition) is 2. The molecule has 0 fully saturated rings. The Balaban J connectivity index is 2.86. The summed E-state index contributed by atoms with van der Waals surface area (Å²) in [7, 11) is 0. The molecule has 1 rings (SSSR count). The minimum atomic E-state index is -4.44. The van der Waals surface area contributed by atoms with E-state index in [0.29, 0.717) is 11.4 Å². The largest absolute Gasteiger partial charge is 0.416 e. The van der Waals surface area contributed by atoms with Gasteiger partial charge in [0.15, 0.2) is 0 Å². The van der Waals surface area contributed by atoms with Gasteiger partial charge in [0.1, 0.15) is 6.04 Å². The second kappa shape index (κ2) is 9.67. The van der Waals surface area contributed by atoms with E-state index in [9.17, 15) is 22.8 Å². The molecule has 5 nitrogen and oxygen atoms in total. The van der Waals surface area contributed by atoms with Crippen molar-refractivity contribution in [2.45, 2.75) is 31.0 Å². The number of halogens is 3. The number of amides is 2. The maximum Gasteiger partial charge on any atom is 0.416 e. The molecule has 0 bridgehead atoms. The van der Waals surface area contributed by atoms with Crippen molar-refractivity contribution in [1.82, 2.24) is 10.2 Å². The van der Waals surface area contributed by atoms with Crippen LogP contribution in [0.1, 0.15) is 19.4 Å². The molecule has 0 aromatic heterocycles. The second-order valence-electron chi connectivity index (χ2n) is 5.23. The van der Waals surface area contributed by atoms with Gasteiger partial charge in [0.2, 0.25) is 11.8 Å². The third kappa shape index (κ3) is 6.95. The number of aliphatic hydroxyl groups is 1. The Kier molecular flexibility index (Phi) is 8.24. The van der Waals surface area contributed by atoms with Crippen LogP contribution < -0.4 is 5.32 Å². The van der Waals surface area contributed by atoms with Gasteiger partial charge >= 0.3 is 6.18 Å². The highest BCUT2D eigenvalue weighted by atomic mass is 32.2. The lowest BCUT2D eigenvalue weighted by Crippen LogP contribution is -2.50. The summed E-state index contributed by atoms with van der Waals surface area (Å²) in [6.45, 7) is 3.26. The molecule has 2 amide bonds. The Morgan fingerprint density at radius 3 is 2.56 bits per heavy atom.